The van der Waals surface area contributed by atoms with Crippen molar-refractivity contribution in [3.05, 3.63) is 48.0 Å². The van der Waals surface area contributed by atoms with Gasteiger partial charge in [0, 0.05) is 11.8 Å². The van der Waals surface area contributed by atoms with Crippen molar-refractivity contribution in [1.82, 2.24) is 4.72 Å². The highest BCUT2D eigenvalue weighted by molar-refractivity contribution is 7.89. The fourth-order valence-electron chi connectivity index (χ4n) is 2.78. The van der Waals surface area contributed by atoms with Crippen molar-refractivity contribution in [1.29, 1.82) is 0 Å². The van der Waals surface area contributed by atoms with E-state index in [1.54, 1.807) is 32.0 Å². The lowest BCUT2D eigenvalue weighted by molar-refractivity contribution is -0.118. The van der Waals surface area contributed by atoms with Crippen molar-refractivity contribution in [2.45, 2.75) is 31.7 Å². The average molecular weight is 404 g/mol. The van der Waals surface area contributed by atoms with Crippen molar-refractivity contribution >= 4 is 21.6 Å². The molecule has 2 aromatic carbocycles. The van der Waals surface area contributed by atoms with Gasteiger partial charge < -0.3 is 14.8 Å². The molecule has 0 saturated carbocycles. The van der Waals surface area contributed by atoms with Crippen LogP contribution in [0.2, 0.25) is 0 Å². The number of fused-ring (bicyclic) bond motifs is 1. The van der Waals surface area contributed by atoms with Gasteiger partial charge in [-0.05, 0) is 37.1 Å². The first-order chi connectivity index (χ1) is 13.3. The van der Waals surface area contributed by atoms with Crippen LogP contribution in [0, 0.1) is 12.8 Å². The zero-order chi connectivity index (χ0) is 20.3. The number of benzene rings is 2. The molecular formula is C20H24N2O5S. The summed E-state index contributed by atoms with van der Waals surface area (Å²) in [5.41, 5.74) is 1.68. The molecule has 3 rings (SSSR count). The molecule has 28 heavy (non-hydrogen) atoms. The third kappa shape index (κ3) is 4.63. The van der Waals surface area contributed by atoms with Gasteiger partial charge in [0.05, 0.1) is 4.90 Å². The first kappa shape index (κ1) is 20.2. The van der Waals surface area contributed by atoms with Crippen molar-refractivity contribution in [2.75, 3.05) is 18.5 Å². The van der Waals surface area contributed by atoms with Gasteiger partial charge in [-0.15, -0.1) is 0 Å². The van der Waals surface area contributed by atoms with Crippen molar-refractivity contribution < 1.29 is 22.7 Å². The monoisotopic (exact) mass is 404 g/mol. The normalized spacial score (nSPS) is 14.6. The van der Waals surface area contributed by atoms with Crippen molar-refractivity contribution in [3.63, 3.8) is 0 Å². The maximum Gasteiger partial charge on any atom is 0.242 e. The summed E-state index contributed by atoms with van der Waals surface area (Å²) in [6.07, 6.45) is 0. The number of anilines is 1. The second-order valence-electron chi connectivity index (χ2n) is 7.00. The molecule has 0 aromatic heterocycles. The molecule has 1 atom stereocenters. The van der Waals surface area contributed by atoms with Crippen LogP contribution in [0.4, 0.5) is 5.69 Å². The molecule has 1 heterocycles. The predicted molar refractivity (Wildman–Crippen MR) is 106 cm³/mol. The molecule has 1 amide bonds. The van der Waals surface area contributed by atoms with Crippen LogP contribution in [-0.4, -0.2) is 33.6 Å². The van der Waals surface area contributed by atoms with Gasteiger partial charge in [-0.2, -0.15) is 4.72 Å². The Bertz CT molecular complexity index is 955. The number of amides is 1. The Kier molecular flexibility index (Phi) is 5.90. The van der Waals surface area contributed by atoms with E-state index in [2.05, 4.69) is 10.0 Å². The number of ether oxygens (including phenoxy) is 2. The van der Waals surface area contributed by atoms with E-state index in [0.717, 1.165) is 5.56 Å². The van der Waals surface area contributed by atoms with E-state index in [4.69, 9.17) is 9.47 Å². The molecule has 0 unspecified atom stereocenters. The highest BCUT2D eigenvalue weighted by atomic mass is 32.2. The summed E-state index contributed by atoms with van der Waals surface area (Å²) < 4.78 is 39.1. The summed E-state index contributed by atoms with van der Waals surface area (Å²) in [6.45, 7) is 6.30. The van der Waals surface area contributed by atoms with E-state index in [9.17, 15) is 13.2 Å². The first-order valence-electron chi connectivity index (χ1n) is 9.06. The Morgan fingerprint density at radius 3 is 2.29 bits per heavy atom. The number of aryl methyl sites for hydroxylation is 1. The second-order valence-corrected chi connectivity index (χ2v) is 8.72. The van der Waals surface area contributed by atoms with Crippen molar-refractivity contribution in [2.24, 2.45) is 5.92 Å². The molecule has 8 heteroatoms. The number of carbonyl (C=O) groups is 1. The van der Waals surface area contributed by atoms with Crippen LogP contribution in [0.25, 0.3) is 0 Å². The minimum absolute atomic E-state index is 0.0190. The standard InChI is InChI=1S/C20H24N2O5S/c1-13(2)19(20(23)21-15-6-4-14(3)5-7-15)22-28(24,25)16-8-9-17-18(12-16)27-11-10-26-17/h4-9,12-13,19,22H,10-11H2,1-3H3,(H,21,23)/t19-/m0/s1. The van der Waals surface area contributed by atoms with Gasteiger partial charge >= 0.3 is 0 Å². The summed E-state index contributed by atoms with van der Waals surface area (Å²) in [5, 5.41) is 2.76. The largest absolute Gasteiger partial charge is 0.486 e. The molecule has 2 aromatic rings. The molecule has 2 N–H and O–H groups in total. The van der Waals surface area contributed by atoms with Gasteiger partial charge in [0.15, 0.2) is 11.5 Å². The van der Waals surface area contributed by atoms with E-state index in [1.807, 2.05) is 19.1 Å². The maximum absolute atomic E-state index is 12.8. The molecule has 0 aliphatic carbocycles. The van der Waals surface area contributed by atoms with Crippen LogP contribution < -0.4 is 19.5 Å². The van der Waals surface area contributed by atoms with Crippen LogP contribution in [-0.2, 0) is 14.8 Å². The van der Waals surface area contributed by atoms with Crippen molar-refractivity contribution in [3.8, 4) is 11.5 Å². The van der Waals surface area contributed by atoms with E-state index in [0.29, 0.717) is 30.4 Å². The zero-order valence-corrected chi connectivity index (χ0v) is 16.9. The van der Waals surface area contributed by atoms with Gasteiger partial charge in [-0.1, -0.05) is 31.5 Å². The minimum atomic E-state index is -3.93. The Morgan fingerprint density at radius 1 is 1.00 bits per heavy atom. The molecule has 0 radical (unpaired) electrons. The summed E-state index contributed by atoms with van der Waals surface area (Å²) in [7, 11) is -3.93. The lowest BCUT2D eigenvalue weighted by atomic mass is 10.0. The van der Waals surface area contributed by atoms with Gasteiger partial charge in [-0.25, -0.2) is 8.42 Å². The fourth-order valence-corrected chi connectivity index (χ4v) is 4.13. The van der Waals surface area contributed by atoms with E-state index >= 15 is 0 Å². The SMILES string of the molecule is Cc1ccc(NC(=O)[C@@H](NS(=O)(=O)c2ccc3c(c2)OCCO3)C(C)C)cc1. The summed E-state index contributed by atoms with van der Waals surface area (Å²) >= 11 is 0. The molecule has 1 aliphatic heterocycles. The molecule has 0 bridgehead atoms. The Balaban J connectivity index is 1.79. The highest BCUT2D eigenvalue weighted by Gasteiger charge is 2.29. The predicted octanol–water partition coefficient (Wildman–Crippen LogP) is 2.71. The van der Waals surface area contributed by atoms with Gasteiger partial charge in [0.2, 0.25) is 15.9 Å². The number of hydrogen-bond donors (Lipinski definition) is 2. The lowest BCUT2D eigenvalue weighted by Gasteiger charge is -2.23. The second kappa shape index (κ2) is 8.20. The van der Waals surface area contributed by atoms with Crippen LogP contribution in [0.5, 0.6) is 11.5 Å². The minimum Gasteiger partial charge on any atom is -0.486 e. The first-order valence-corrected chi connectivity index (χ1v) is 10.5. The summed E-state index contributed by atoms with van der Waals surface area (Å²) in [6, 6.07) is 10.8. The molecule has 0 fully saturated rings. The quantitative estimate of drug-likeness (QED) is 0.772. The molecule has 1 aliphatic rings. The molecule has 7 nitrogen and oxygen atoms in total. The zero-order valence-electron chi connectivity index (χ0n) is 16.1. The third-order valence-corrected chi connectivity index (χ3v) is 5.81. The van der Waals surface area contributed by atoms with Crippen LogP contribution in [0.15, 0.2) is 47.4 Å². The Labute approximate surface area is 165 Å². The fraction of sp³-hybridized carbons (Fsp3) is 0.350. The molecular weight excluding hydrogens is 380 g/mol. The number of nitrogens with one attached hydrogen (secondary N) is 2. The van der Waals surface area contributed by atoms with Crippen LogP contribution in [0.3, 0.4) is 0 Å². The highest BCUT2D eigenvalue weighted by Crippen LogP contribution is 2.32. The Hall–Kier alpha value is -2.58. The molecule has 0 saturated heterocycles. The third-order valence-electron chi connectivity index (χ3n) is 4.37. The topological polar surface area (TPSA) is 93.7 Å². The number of sulfonamides is 1. The summed E-state index contributed by atoms with van der Waals surface area (Å²) in [5.74, 6) is 0.208. The average Bonchev–Trinajstić information content (AvgIpc) is 2.67. The number of rotatable bonds is 6. The lowest BCUT2D eigenvalue weighted by Crippen LogP contribution is -2.47. The Morgan fingerprint density at radius 2 is 1.64 bits per heavy atom. The van der Waals surface area contributed by atoms with E-state index < -0.39 is 22.0 Å². The van der Waals surface area contributed by atoms with Crippen LogP contribution >= 0.6 is 0 Å². The van der Waals surface area contributed by atoms with Gasteiger partial charge in [-0.3, -0.25) is 4.79 Å². The maximum atomic E-state index is 12.8. The summed E-state index contributed by atoms with van der Waals surface area (Å²) in [4.78, 5) is 12.7. The van der Waals surface area contributed by atoms with E-state index in [-0.39, 0.29) is 10.8 Å². The smallest absolute Gasteiger partial charge is 0.242 e. The van der Waals surface area contributed by atoms with Gasteiger partial charge in [0.25, 0.3) is 0 Å². The van der Waals surface area contributed by atoms with E-state index in [1.165, 1.54) is 12.1 Å². The molecule has 150 valence electrons. The molecule has 0 spiro atoms. The van der Waals surface area contributed by atoms with Gasteiger partial charge in [0.1, 0.15) is 19.3 Å². The number of hydrogen-bond acceptors (Lipinski definition) is 5. The number of carbonyl (C=O) groups excluding carboxylic acids is 1. The van der Waals surface area contributed by atoms with Crippen LogP contribution in [0.1, 0.15) is 19.4 Å².